The molecule has 2 aromatic rings. The molecule has 0 radical (unpaired) electrons. The Morgan fingerprint density at radius 2 is 1.86 bits per heavy atom. The van der Waals surface area contributed by atoms with Crippen molar-refractivity contribution in [3.8, 4) is 0 Å². The molecule has 2 heterocycles. The van der Waals surface area contributed by atoms with E-state index in [1.807, 2.05) is 6.92 Å². The number of amides is 1. The van der Waals surface area contributed by atoms with Crippen LogP contribution in [0.4, 0.5) is 18.9 Å². The molecule has 7 heteroatoms. The molecule has 1 aliphatic heterocycles. The highest BCUT2D eigenvalue weighted by molar-refractivity contribution is 6.06. The van der Waals surface area contributed by atoms with Gasteiger partial charge >= 0.3 is 6.18 Å². The van der Waals surface area contributed by atoms with Crippen molar-refractivity contribution < 1.29 is 18.0 Å². The number of aryl methyl sites for hydroxylation is 1. The molecule has 0 saturated carbocycles. The van der Waals surface area contributed by atoms with E-state index in [-0.39, 0.29) is 11.9 Å². The van der Waals surface area contributed by atoms with Crippen LogP contribution in [0.5, 0.6) is 0 Å². The first-order chi connectivity index (χ1) is 10.3. The minimum absolute atomic E-state index is 0.0382. The first kappa shape index (κ1) is 14.6. The third kappa shape index (κ3) is 2.26. The van der Waals surface area contributed by atoms with Gasteiger partial charge in [0.1, 0.15) is 5.69 Å². The van der Waals surface area contributed by atoms with Crippen molar-refractivity contribution in [3.63, 3.8) is 0 Å². The van der Waals surface area contributed by atoms with E-state index >= 15 is 0 Å². The topological polar surface area (TPSA) is 38.1 Å². The highest BCUT2D eigenvalue weighted by atomic mass is 19.4. The number of carbonyl (C=O) groups is 1. The molecule has 0 spiro atoms. The first-order valence-electron chi connectivity index (χ1n) is 6.82. The number of alkyl halides is 3. The quantitative estimate of drug-likeness (QED) is 0.809. The van der Waals surface area contributed by atoms with Crippen LogP contribution in [0.1, 0.15) is 34.6 Å². The summed E-state index contributed by atoms with van der Waals surface area (Å²) in [5, 5.41) is 4.18. The number of rotatable bonds is 1. The number of hydrogen-bond donors (Lipinski definition) is 0. The SMILES string of the molecule is Cc1cnn2c1C(=O)N(c1ccc(C(F)(F)F)cc1)CC2C. The fraction of sp³-hybridized carbons (Fsp3) is 0.333. The number of benzene rings is 1. The Balaban J connectivity index is 1.96. The number of anilines is 1. The van der Waals surface area contributed by atoms with E-state index in [0.717, 1.165) is 17.7 Å². The molecule has 0 fully saturated rings. The molecule has 116 valence electrons. The second-order valence-electron chi connectivity index (χ2n) is 5.43. The van der Waals surface area contributed by atoms with Gasteiger partial charge in [-0.05, 0) is 38.1 Å². The Morgan fingerprint density at radius 3 is 2.45 bits per heavy atom. The predicted molar refractivity (Wildman–Crippen MR) is 74.8 cm³/mol. The van der Waals surface area contributed by atoms with Gasteiger partial charge in [-0.2, -0.15) is 18.3 Å². The van der Waals surface area contributed by atoms with Crippen LogP contribution < -0.4 is 4.90 Å². The lowest BCUT2D eigenvalue weighted by molar-refractivity contribution is -0.137. The van der Waals surface area contributed by atoms with E-state index < -0.39 is 11.7 Å². The average Bonchev–Trinajstić information content (AvgIpc) is 2.85. The van der Waals surface area contributed by atoms with Gasteiger partial charge in [0, 0.05) is 17.8 Å². The van der Waals surface area contributed by atoms with Crippen LogP contribution in [0.3, 0.4) is 0 Å². The summed E-state index contributed by atoms with van der Waals surface area (Å²) < 4.78 is 39.5. The van der Waals surface area contributed by atoms with E-state index in [1.54, 1.807) is 17.8 Å². The van der Waals surface area contributed by atoms with Crippen LogP contribution >= 0.6 is 0 Å². The summed E-state index contributed by atoms with van der Waals surface area (Å²) in [4.78, 5) is 14.1. The summed E-state index contributed by atoms with van der Waals surface area (Å²) in [5.41, 5.74) is 0.971. The fourth-order valence-electron chi connectivity index (χ4n) is 2.65. The third-order valence-electron chi connectivity index (χ3n) is 3.80. The lowest BCUT2D eigenvalue weighted by Crippen LogP contribution is -2.42. The first-order valence-corrected chi connectivity index (χ1v) is 6.82. The predicted octanol–water partition coefficient (Wildman–Crippen LogP) is 3.43. The minimum atomic E-state index is -4.38. The van der Waals surface area contributed by atoms with E-state index in [1.165, 1.54) is 17.0 Å². The second-order valence-corrected chi connectivity index (χ2v) is 5.43. The standard InChI is InChI=1S/C15H14F3N3O/c1-9-7-19-21-10(2)8-20(14(22)13(9)21)12-5-3-11(4-6-12)15(16,17)18/h3-7,10H,8H2,1-2H3. The van der Waals surface area contributed by atoms with Crippen LogP contribution in [0.15, 0.2) is 30.5 Å². The molecule has 0 bridgehead atoms. The van der Waals surface area contributed by atoms with Gasteiger partial charge in [-0.25, -0.2) is 0 Å². The van der Waals surface area contributed by atoms with Gasteiger partial charge in [0.25, 0.3) is 5.91 Å². The van der Waals surface area contributed by atoms with Gasteiger partial charge < -0.3 is 4.90 Å². The molecular weight excluding hydrogens is 295 g/mol. The van der Waals surface area contributed by atoms with E-state index in [9.17, 15) is 18.0 Å². The molecule has 1 aromatic carbocycles. The average molecular weight is 309 g/mol. The van der Waals surface area contributed by atoms with Crippen LogP contribution in [-0.2, 0) is 6.18 Å². The van der Waals surface area contributed by atoms with Crippen molar-refractivity contribution >= 4 is 11.6 Å². The molecule has 22 heavy (non-hydrogen) atoms. The molecule has 1 amide bonds. The van der Waals surface area contributed by atoms with Gasteiger partial charge in [-0.15, -0.1) is 0 Å². The molecule has 1 aliphatic rings. The summed E-state index contributed by atoms with van der Waals surface area (Å²) >= 11 is 0. The van der Waals surface area contributed by atoms with Crippen molar-refractivity contribution in [1.29, 1.82) is 0 Å². The van der Waals surface area contributed by atoms with Crippen LogP contribution in [0, 0.1) is 6.92 Å². The number of aromatic nitrogens is 2. The summed E-state index contributed by atoms with van der Waals surface area (Å²) in [7, 11) is 0. The molecule has 1 aromatic heterocycles. The zero-order chi connectivity index (χ0) is 16.1. The van der Waals surface area contributed by atoms with Crippen molar-refractivity contribution in [2.24, 2.45) is 0 Å². The number of nitrogens with zero attached hydrogens (tertiary/aromatic N) is 3. The molecule has 0 aliphatic carbocycles. The van der Waals surface area contributed by atoms with E-state index in [0.29, 0.717) is 17.9 Å². The number of carbonyl (C=O) groups excluding carboxylic acids is 1. The lowest BCUT2D eigenvalue weighted by Gasteiger charge is -2.32. The van der Waals surface area contributed by atoms with Gasteiger partial charge in [0.05, 0.1) is 17.8 Å². The fourth-order valence-corrected chi connectivity index (χ4v) is 2.65. The molecular formula is C15H14F3N3O. The second kappa shape index (κ2) is 4.86. The van der Waals surface area contributed by atoms with Crippen molar-refractivity contribution in [1.82, 2.24) is 9.78 Å². The normalized spacial score (nSPS) is 18.5. The molecule has 1 atom stereocenters. The Kier molecular flexibility index (Phi) is 3.23. The smallest absolute Gasteiger partial charge is 0.305 e. The Bertz CT molecular complexity index is 719. The summed E-state index contributed by atoms with van der Waals surface area (Å²) in [6.45, 7) is 4.08. The van der Waals surface area contributed by atoms with Gasteiger partial charge in [0.15, 0.2) is 0 Å². The van der Waals surface area contributed by atoms with E-state index in [4.69, 9.17) is 0 Å². The van der Waals surface area contributed by atoms with E-state index in [2.05, 4.69) is 5.10 Å². The highest BCUT2D eigenvalue weighted by Crippen LogP contribution is 2.32. The summed E-state index contributed by atoms with van der Waals surface area (Å²) in [5.74, 6) is -0.243. The van der Waals surface area contributed by atoms with Crippen molar-refractivity contribution in [3.05, 3.63) is 47.3 Å². The van der Waals surface area contributed by atoms with Crippen LogP contribution in [0.25, 0.3) is 0 Å². The van der Waals surface area contributed by atoms with Gasteiger partial charge in [-0.3, -0.25) is 9.48 Å². The minimum Gasteiger partial charge on any atom is -0.305 e. The maximum Gasteiger partial charge on any atom is 0.416 e. The summed E-state index contributed by atoms with van der Waals surface area (Å²) in [6.07, 6.45) is -2.76. The van der Waals surface area contributed by atoms with Crippen LogP contribution in [-0.4, -0.2) is 22.2 Å². The zero-order valence-corrected chi connectivity index (χ0v) is 12.1. The third-order valence-corrected chi connectivity index (χ3v) is 3.80. The van der Waals surface area contributed by atoms with Crippen molar-refractivity contribution in [2.45, 2.75) is 26.1 Å². The Hall–Kier alpha value is -2.31. The number of halogens is 3. The highest BCUT2D eigenvalue weighted by Gasteiger charge is 2.33. The monoisotopic (exact) mass is 309 g/mol. The molecule has 0 N–H and O–H groups in total. The number of hydrogen-bond acceptors (Lipinski definition) is 2. The Labute approximate surface area is 125 Å². The molecule has 3 rings (SSSR count). The number of fused-ring (bicyclic) bond motifs is 1. The van der Waals surface area contributed by atoms with Gasteiger partial charge in [-0.1, -0.05) is 0 Å². The molecule has 1 unspecified atom stereocenters. The molecule has 0 saturated heterocycles. The lowest BCUT2D eigenvalue weighted by atomic mass is 10.1. The molecule has 4 nitrogen and oxygen atoms in total. The van der Waals surface area contributed by atoms with Crippen LogP contribution in [0.2, 0.25) is 0 Å². The zero-order valence-electron chi connectivity index (χ0n) is 12.1. The largest absolute Gasteiger partial charge is 0.416 e. The maximum absolute atomic E-state index is 12.6. The van der Waals surface area contributed by atoms with Crippen molar-refractivity contribution in [2.75, 3.05) is 11.4 Å². The van der Waals surface area contributed by atoms with Gasteiger partial charge in [0.2, 0.25) is 0 Å². The Morgan fingerprint density at radius 1 is 1.23 bits per heavy atom. The summed E-state index contributed by atoms with van der Waals surface area (Å²) in [6, 6.07) is 4.60. The maximum atomic E-state index is 12.6.